The number of hydrogen-bond acceptors (Lipinski definition) is 13. The van der Waals surface area contributed by atoms with Crippen LogP contribution in [0.3, 0.4) is 0 Å². The number of nitrogens with zero attached hydrogens (tertiary/aromatic N) is 3. The Bertz CT molecular complexity index is 1700. The highest BCUT2D eigenvalue weighted by atomic mass is 35.5. The number of benzene rings is 1. The minimum Gasteiger partial charge on any atom is -0.463 e. The van der Waals surface area contributed by atoms with E-state index in [2.05, 4.69) is 22.9 Å². The van der Waals surface area contributed by atoms with Gasteiger partial charge < -0.3 is 18.9 Å². The lowest BCUT2D eigenvalue weighted by molar-refractivity contribution is -0.212. The third-order valence-electron chi connectivity index (χ3n) is 6.10. The lowest BCUT2D eigenvalue weighted by Gasteiger charge is -2.44. The molecule has 1 aliphatic rings. The number of carbonyl (C=O) groups is 3. The summed E-state index contributed by atoms with van der Waals surface area (Å²) in [5, 5.41) is 12.8. The summed E-state index contributed by atoms with van der Waals surface area (Å²) in [5.74, 6) is -6.56. The van der Waals surface area contributed by atoms with Gasteiger partial charge in [-0.05, 0) is 24.3 Å². The molecule has 1 aromatic carbocycles. The van der Waals surface area contributed by atoms with Crippen LogP contribution in [0.2, 0.25) is 10.0 Å². The van der Waals surface area contributed by atoms with E-state index < -0.39 is 65.1 Å². The fourth-order valence-corrected chi connectivity index (χ4v) is 7.98. The zero-order valence-corrected chi connectivity index (χ0v) is 29.3. The number of esters is 3. The fourth-order valence-electron chi connectivity index (χ4n) is 4.31. The van der Waals surface area contributed by atoms with Crippen molar-refractivity contribution in [1.29, 1.82) is 0 Å². The predicted octanol–water partition coefficient (Wildman–Crippen LogP) is 7.25. The van der Waals surface area contributed by atoms with Crippen molar-refractivity contribution in [2.24, 2.45) is 0 Å². The van der Waals surface area contributed by atoms with Gasteiger partial charge in [0.1, 0.15) is 29.9 Å². The van der Waals surface area contributed by atoms with Gasteiger partial charge in [-0.25, -0.2) is 17.9 Å². The molecule has 4 aromatic rings. The first-order chi connectivity index (χ1) is 22.2. The molecule has 4 heterocycles. The minimum atomic E-state index is -1.65. The topological polar surface area (TPSA) is 119 Å². The molecule has 5 rings (SSSR count). The largest absolute Gasteiger partial charge is 0.463 e. The number of aromatic nitrogens is 3. The monoisotopic (exact) mass is 769 g/mol. The quantitative estimate of drug-likeness (QED) is 0.0850. The fraction of sp³-hybridized carbons (Fsp3) is 0.321. The molecular formula is C28H24Cl2F3N3O7S4. The average molecular weight is 771 g/mol. The van der Waals surface area contributed by atoms with Gasteiger partial charge in [0.2, 0.25) is 0 Å². The van der Waals surface area contributed by atoms with Crippen molar-refractivity contribution in [3.8, 4) is 11.3 Å². The maximum Gasteiger partial charge on any atom is 0.303 e. The molecule has 0 saturated carbocycles. The molecule has 0 spiro atoms. The maximum absolute atomic E-state index is 13.9. The van der Waals surface area contributed by atoms with Crippen LogP contribution in [0, 0.1) is 17.5 Å². The lowest BCUT2D eigenvalue weighted by atomic mass is 9.96. The van der Waals surface area contributed by atoms with Gasteiger partial charge in [-0.2, -0.15) is 0 Å². The highest BCUT2D eigenvalue weighted by Gasteiger charge is 2.52. The predicted molar refractivity (Wildman–Crippen MR) is 173 cm³/mol. The average Bonchev–Trinajstić information content (AvgIpc) is 3.73. The molecule has 0 unspecified atom stereocenters. The van der Waals surface area contributed by atoms with E-state index in [4.69, 9.17) is 42.1 Å². The van der Waals surface area contributed by atoms with E-state index in [9.17, 15) is 27.6 Å². The van der Waals surface area contributed by atoms with Gasteiger partial charge in [0, 0.05) is 37.1 Å². The van der Waals surface area contributed by atoms with E-state index >= 15 is 0 Å². The first-order valence-corrected chi connectivity index (χ1v) is 17.1. The third kappa shape index (κ3) is 10.1. The first-order valence-electron chi connectivity index (χ1n) is 13.3. The zero-order chi connectivity index (χ0) is 34.4. The number of rotatable bonds is 8. The van der Waals surface area contributed by atoms with Crippen molar-refractivity contribution in [2.75, 3.05) is 6.61 Å². The Kier molecular flexibility index (Phi) is 13.0. The molecule has 0 aliphatic carbocycles. The molecule has 47 heavy (non-hydrogen) atoms. The molecule has 0 radical (unpaired) electrons. The summed E-state index contributed by atoms with van der Waals surface area (Å²) in [5.41, 5.74) is -1.14. The van der Waals surface area contributed by atoms with Crippen LogP contribution in [0.15, 0.2) is 49.6 Å². The second kappa shape index (κ2) is 16.5. The Hall–Kier alpha value is -2.80. The number of thiol groups is 1. The Morgan fingerprint density at radius 2 is 1.57 bits per heavy atom. The van der Waals surface area contributed by atoms with Gasteiger partial charge in [-0.3, -0.25) is 14.4 Å². The molecule has 1 aliphatic heterocycles. The van der Waals surface area contributed by atoms with Gasteiger partial charge in [-0.1, -0.05) is 40.2 Å². The molecule has 252 valence electrons. The second-order valence-electron chi connectivity index (χ2n) is 9.63. The number of hydrogen-bond donors (Lipinski definition) is 1. The van der Waals surface area contributed by atoms with E-state index in [1.807, 2.05) is 11.4 Å². The molecule has 1 saturated heterocycles. The molecule has 0 amide bonds. The Labute approximate surface area is 293 Å². The number of carbonyl (C=O) groups excluding carboxylic acids is 3. The summed E-state index contributed by atoms with van der Waals surface area (Å²) in [7, 11) is 0. The van der Waals surface area contributed by atoms with E-state index in [1.54, 1.807) is 11.4 Å². The molecule has 1 fully saturated rings. The van der Waals surface area contributed by atoms with Gasteiger partial charge in [0.05, 0.1) is 24.7 Å². The summed E-state index contributed by atoms with van der Waals surface area (Å²) in [4.78, 5) is 35.9. The van der Waals surface area contributed by atoms with Crippen LogP contribution in [0.1, 0.15) is 26.8 Å². The van der Waals surface area contributed by atoms with Crippen molar-refractivity contribution in [2.45, 2.75) is 59.0 Å². The number of thiophene rings is 2. The number of ether oxygens (including phenoxy) is 4. The summed E-state index contributed by atoms with van der Waals surface area (Å²) in [6.07, 6.45) is -2.20. The smallest absolute Gasteiger partial charge is 0.303 e. The molecule has 10 nitrogen and oxygen atoms in total. The molecule has 5 atom stereocenters. The Balaban J connectivity index is 0.000000632. The summed E-state index contributed by atoms with van der Waals surface area (Å²) in [6.45, 7) is 3.16. The Morgan fingerprint density at radius 1 is 0.957 bits per heavy atom. The normalized spacial score (nSPS) is 20.6. The summed E-state index contributed by atoms with van der Waals surface area (Å²) >= 11 is 19.6. The van der Waals surface area contributed by atoms with Crippen LogP contribution in [0.4, 0.5) is 13.2 Å². The number of thioether (sulfide) groups is 1. The van der Waals surface area contributed by atoms with Gasteiger partial charge in [0.25, 0.3) is 0 Å². The third-order valence-corrected chi connectivity index (χ3v) is 10.2. The SMILES string of the molecule is CC(=O)OC[C@H]1O[C@H](Sc2cc(Cl)cs2)[C@H](OC(C)=O)[C@@H](n2cc(-c3cc(F)c(F)c(F)c3)nn2)[C@H]1OC(C)=O.Sc1cc(Cl)cs1. The van der Waals surface area contributed by atoms with E-state index in [1.165, 1.54) is 47.4 Å². The molecule has 3 aromatic heterocycles. The highest BCUT2D eigenvalue weighted by Crippen LogP contribution is 2.43. The molecule has 0 N–H and O–H groups in total. The zero-order valence-electron chi connectivity index (χ0n) is 24.4. The van der Waals surface area contributed by atoms with Crippen LogP contribution in [-0.4, -0.2) is 63.3 Å². The molecule has 19 heteroatoms. The van der Waals surface area contributed by atoms with Gasteiger partial charge in [-0.15, -0.1) is 40.4 Å². The van der Waals surface area contributed by atoms with Crippen LogP contribution in [-0.2, 0) is 33.3 Å². The second-order valence-corrected chi connectivity index (χ2v) is 14.5. The Morgan fingerprint density at radius 3 is 2.09 bits per heavy atom. The van der Waals surface area contributed by atoms with Crippen molar-refractivity contribution in [3.05, 3.63) is 68.7 Å². The molecular weight excluding hydrogens is 746 g/mol. The number of halogens is 5. The van der Waals surface area contributed by atoms with Gasteiger partial charge >= 0.3 is 17.9 Å². The maximum atomic E-state index is 13.9. The van der Waals surface area contributed by atoms with Crippen LogP contribution in [0.25, 0.3) is 11.3 Å². The van der Waals surface area contributed by atoms with Crippen molar-refractivity contribution < 1.29 is 46.5 Å². The minimum absolute atomic E-state index is 0.0572. The van der Waals surface area contributed by atoms with E-state index in [0.29, 0.717) is 9.23 Å². The van der Waals surface area contributed by atoms with Crippen LogP contribution >= 0.6 is 70.3 Å². The summed E-state index contributed by atoms with van der Waals surface area (Å²) < 4.78 is 66.7. The van der Waals surface area contributed by atoms with Crippen LogP contribution < -0.4 is 0 Å². The van der Waals surface area contributed by atoms with Gasteiger partial charge in [0.15, 0.2) is 29.7 Å². The van der Waals surface area contributed by atoms with Crippen molar-refractivity contribution in [3.63, 3.8) is 0 Å². The van der Waals surface area contributed by atoms with Crippen molar-refractivity contribution in [1.82, 2.24) is 15.0 Å². The highest BCUT2D eigenvalue weighted by molar-refractivity contribution is 8.01. The van der Waals surface area contributed by atoms with E-state index in [-0.39, 0.29) is 17.9 Å². The standard InChI is InChI=1S/C24H21ClF3N3O7S2.C4H3ClS2/c1-10(32)35-8-18-22(36-11(2)33)21(23(37-12(3)34)24(38-18)40-19-6-14(25)9-39-19)31-7-17(29-30-31)13-4-15(26)20(28)16(27)5-13;5-3-1-4(6)7-2-3/h4-7,9,18,21-24H,8H2,1-3H3;1-2,6H/t18-,21+,22+,23-,24-;/m1./s1. The lowest BCUT2D eigenvalue weighted by Crippen LogP contribution is -2.57. The van der Waals surface area contributed by atoms with E-state index in [0.717, 1.165) is 40.1 Å². The van der Waals surface area contributed by atoms with Crippen LogP contribution in [0.5, 0.6) is 0 Å². The summed E-state index contributed by atoms with van der Waals surface area (Å²) in [6, 6.07) is 3.85. The van der Waals surface area contributed by atoms with Crippen molar-refractivity contribution >= 4 is 88.2 Å². The first kappa shape index (κ1) is 37.0. The molecule has 0 bridgehead atoms.